The van der Waals surface area contributed by atoms with Crippen molar-refractivity contribution in [2.75, 3.05) is 13.5 Å². The predicted molar refractivity (Wildman–Crippen MR) is 24.0 cm³/mol. The van der Waals surface area contributed by atoms with Gasteiger partial charge in [0.2, 0.25) is 0 Å². The second-order valence-electron chi connectivity index (χ2n) is 1.73. The van der Waals surface area contributed by atoms with E-state index >= 15 is 0 Å². The van der Waals surface area contributed by atoms with Gasteiger partial charge in [-0.1, -0.05) is 0 Å². The molecule has 0 aliphatic rings. The largest absolute Gasteiger partial charge is 0.451 e. The molecule has 0 aromatic rings. The fourth-order valence-electron chi connectivity index (χ4n) is 0.312. The lowest BCUT2D eigenvalue weighted by Crippen LogP contribution is -2.45. The van der Waals surface area contributed by atoms with Crippen LogP contribution in [0.3, 0.4) is 0 Å². The summed E-state index contributed by atoms with van der Waals surface area (Å²) in [6, 6.07) is 0. The molecule has 0 fully saturated rings. The van der Waals surface area contributed by atoms with Crippen molar-refractivity contribution in [3.8, 4) is 0 Å². The molecule has 0 aromatic heterocycles. The van der Waals surface area contributed by atoms with Crippen LogP contribution in [0.25, 0.3) is 0 Å². The van der Waals surface area contributed by atoms with Crippen molar-refractivity contribution in [3.05, 3.63) is 0 Å². The molecule has 0 saturated carbocycles. The Bertz CT molecular complexity index is 136. The molecule has 12 heavy (non-hydrogen) atoms. The Morgan fingerprint density at radius 1 is 1.08 bits per heavy atom. The molecule has 0 aliphatic carbocycles. The van der Waals surface area contributed by atoms with Crippen molar-refractivity contribution in [1.29, 1.82) is 0 Å². The van der Waals surface area contributed by atoms with Crippen LogP contribution in [0.2, 0.25) is 0 Å². The van der Waals surface area contributed by atoms with Crippen LogP contribution in [0, 0.1) is 0 Å². The first-order valence-electron chi connectivity index (χ1n) is 2.56. The lowest BCUT2D eigenvalue weighted by molar-refractivity contribution is -0.371. The fraction of sp³-hybridized carbons (Fsp3) is 1.00. The summed E-state index contributed by atoms with van der Waals surface area (Å²) in [7, 11) is 0. The Balaban J connectivity index is 4.24. The molecule has 2 nitrogen and oxygen atoms in total. The van der Waals surface area contributed by atoms with E-state index in [9.17, 15) is 26.5 Å². The number of hydrogen-bond donors (Lipinski definition) is 0. The number of rotatable bonds is 4. The zero-order valence-corrected chi connectivity index (χ0v) is 5.50. The van der Waals surface area contributed by atoms with Crippen molar-refractivity contribution < 1.29 is 36.2 Å². The molecule has 8 heteroatoms. The first kappa shape index (κ1) is 11.5. The van der Waals surface area contributed by atoms with Crippen LogP contribution in [-0.4, -0.2) is 25.5 Å². The van der Waals surface area contributed by atoms with Gasteiger partial charge < -0.3 is 4.74 Å². The van der Waals surface area contributed by atoms with E-state index in [2.05, 4.69) is 9.68 Å². The van der Waals surface area contributed by atoms with Gasteiger partial charge in [-0.2, -0.15) is 22.5 Å². The van der Waals surface area contributed by atoms with Crippen molar-refractivity contribution >= 4 is 0 Å². The van der Waals surface area contributed by atoms with E-state index in [1.165, 1.54) is 0 Å². The molecule has 0 rings (SSSR count). The summed E-state index contributed by atoms with van der Waals surface area (Å²) in [6.45, 7) is -4.08. The van der Waals surface area contributed by atoms with Crippen LogP contribution >= 0.6 is 0 Å². The van der Waals surface area contributed by atoms with Gasteiger partial charge in [0.15, 0.2) is 13.5 Å². The quantitative estimate of drug-likeness (QED) is 0.508. The number of alkyl halides is 5. The normalized spacial score (nSPS) is 17.5. The maximum atomic E-state index is 12.2. The van der Waals surface area contributed by atoms with Gasteiger partial charge in [0.05, 0.1) is 0 Å². The van der Waals surface area contributed by atoms with Crippen LogP contribution < -0.4 is 0 Å². The van der Waals surface area contributed by atoms with Gasteiger partial charge in [-0.15, -0.1) is 0 Å². The minimum Gasteiger partial charge on any atom is -0.306 e. The molecule has 0 radical (unpaired) electrons. The van der Waals surface area contributed by atoms with Gasteiger partial charge in [0.1, 0.15) is 0 Å². The molecule has 0 spiro atoms. The molecule has 0 amide bonds. The summed E-state index contributed by atoms with van der Waals surface area (Å²) >= 11 is 0. The summed E-state index contributed by atoms with van der Waals surface area (Å²) in [5, 5.41) is 0. The van der Waals surface area contributed by atoms with E-state index in [4.69, 9.17) is 0 Å². The molecule has 1 atom stereocenters. The molecular formula is C4H4F6O2. The average molecular weight is 198 g/mol. The summed E-state index contributed by atoms with van der Waals surface area (Å²) < 4.78 is 72.1. The SMILES string of the molecule is FCC(F)(OCOF)C(F)(F)F. The molecule has 74 valence electrons. The maximum absolute atomic E-state index is 12.2. The molecule has 0 saturated heterocycles. The molecule has 1 unspecified atom stereocenters. The van der Waals surface area contributed by atoms with E-state index in [1.807, 2.05) is 0 Å². The average Bonchev–Trinajstić information content (AvgIpc) is 1.98. The Kier molecular flexibility index (Phi) is 3.78. The molecule has 0 aliphatic heterocycles. The molecule has 0 bridgehead atoms. The van der Waals surface area contributed by atoms with E-state index in [-0.39, 0.29) is 0 Å². The third-order valence-electron chi connectivity index (χ3n) is 0.927. The van der Waals surface area contributed by atoms with Crippen molar-refractivity contribution in [3.63, 3.8) is 0 Å². The van der Waals surface area contributed by atoms with Gasteiger partial charge >= 0.3 is 12.0 Å². The van der Waals surface area contributed by atoms with Crippen molar-refractivity contribution in [1.82, 2.24) is 0 Å². The van der Waals surface area contributed by atoms with E-state index in [0.717, 1.165) is 0 Å². The highest BCUT2D eigenvalue weighted by molar-refractivity contribution is 4.75. The molecule has 0 N–H and O–H groups in total. The molecular weight excluding hydrogens is 194 g/mol. The highest BCUT2D eigenvalue weighted by Crippen LogP contribution is 2.35. The first-order valence-corrected chi connectivity index (χ1v) is 2.56. The van der Waals surface area contributed by atoms with Gasteiger partial charge in [0, 0.05) is 0 Å². The number of ether oxygens (including phenoxy) is 1. The topological polar surface area (TPSA) is 18.5 Å². The molecule has 0 heterocycles. The summed E-state index contributed by atoms with van der Waals surface area (Å²) in [5.41, 5.74) is 0. The van der Waals surface area contributed by atoms with Gasteiger partial charge in [-0.25, -0.2) is 4.39 Å². The third-order valence-corrected chi connectivity index (χ3v) is 0.927. The van der Waals surface area contributed by atoms with Crippen LogP contribution in [0.4, 0.5) is 26.5 Å². The zero-order chi connectivity index (χ0) is 9.83. The minimum atomic E-state index is -5.56. The lowest BCUT2D eigenvalue weighted by atomic mass is 10.3. The van der Waals surface area contributed by atoms with Gasteiger partial charge in [-0.05, 0) is 4.53 Å². The van der Waals surface area contributed by atoms with Crippen LogP contribution in [0.15, 0.2) is 0 Å². The minimum absolute atomic E-state index is 1.63. The smallest absolute Gasteiger partial charge is 0.306 e. The van der Waals surface area contributed by atoms with Crippen molar-refractivity contribution in [2.24, 2.45) is 0 Å². The zero-order valence-electron chi connectivity index (χ0n) is 5.50. The Labute approximate surface area is 63.0 Å². The summed E-state index contributed by atoms with van der Waals surface area (Å²) in [4.78, 5) is 2.51. The second-order valence-corrected chi connectivity index (χ2v) is 1.73. The Morgan fingerprint density at radius 3 is 1.83 bits per heavy atom. The van der Waals surface area contributed by atoms with Crippen LogP contribution in [0.5, 0.6) is 0 Å². The second kappa shape index (κ2) is 3.94. The fourth-order valence-corrected chi connectivity index (χ4v) is 0.312. The van der Waals surface area contributed by atoms with E-state index in [1.54, 1.807) is 0 Å². The summed E-state index contributed by atoms with van der Waals surface area (Å²) in [5.74, 6) is -4.50. The highest BCUT2D eigenvalue weighted by Gasteiger charge is 2.58. The Hall–Kier alpha value is -0.500. The lowest BCUT2D eigenvalue weighted by Gasteiger charge is -2.23. The van der Waals surface area contributed by atoms with Gasteiger partial charge in [-0.3, -0.25) is 0 Å². The van der Waals surface area contributed by atoms with Crippen LogP contribution in [0.1, 0.15) is 0 Å². The van der Waals surface area contributed by atoms with E-state index in [0.29, 0.717) is 0 Å². The van der Waals surface area contributed by atoms with E-state index < -0.39 is 25.5 Å². The monoisotopic (exact) mass is 198 g/mol. The first-order chi connectivity index (χ1) is 5.37. The highest BCUT2D eigenvalue weighted by atomic mass is 19.4. The maximum Gasteiger partial charge on any atom is 0.451 e. The Morgan fingerprint density at radius 2 is 1.58 bits per heavy atom. The van der Waals surface area contributed by atoms with Crippen molar-refractivity contribution in [2.45, 2.75) is 12.0 Å². The predicted octanol–water partition coefficient (Wildman–Crippen LogP) is 2.06. The van der Waals surface area contributed by atoms with Crippen LogP contribution in [-0.2, 0) is 9.68 Å². The number of hydrogen-bond acceptors (Lipinski definition) is 2. The molecule has 0 aromatic carbocycles. The summed E-state index contributed by atoms with van der Waals surface area (Å²) in [6.07, 6.45) is -5.56. The standard InChI is InChI=1S/C4H4F6O2/c5-1-3(6,4(7,8)9)11-2-12-10/h1-2H2. The number of halogens is 6. The van der Waals surface area contributed by atoms with Gasteiger partial charge in [0.25, 0.3) is 0 Å². The third kappa shape index (κ3) is 2.52.